The fourth-order valence-electron chi connectivity index (χ4n) is 2.71. The molecular formula is C17H15Cl2NO. The lowest BCUT2D eigenvalue weighted by Crippen LogP contribution is -2.20. The normalized spacial score (nSPS) is 15.2. The standard InChI is InChI=1S/C17H15Cl2NO/c1-10-3-5-13(18)9-14(10)17(19)11-4-6-15-12(7-11)8-16(21)20(15)2/h3-7,9,17H,8H2,1-2H3. The Balaban J connectivity index is 2.00. The molecule has 0 fully saturated rings. The predicted molar refractivity (Wildman–Crippen MR) is 87.4 cm³/mol. The van der Waals surface area contributed by atoms with E-state index in [1.165, 1.54) is 0 Å². The lowest BCUT2D eigenvalue weighted by atomic mass is 9.98. The number of rotatable bonds is 2. The summed E-state index contributed by atoms with van der Waals surface area (Å²) in [5.41, 5.74) is 5.10. The van der Waals surface area contributed by atoms with Crippen molar-refractivity contribution in [2.75, 3.05) is 11.9 Å². The molecule has 108 valence electrons. The third-order valence-corrected chi connectivity index (χ3v) is 4.71. The van der Waals surface area contributed by atoms with E-state index in [4.69, 9.17) is 23.2 Å². The van der Waals surface area contributed by atoms with Gasteiger partial charge in [0.05, 0.1) is 11.8 Å². The van der Waals surface area contributed by atoms with Crippen LogP contribution in [-0.2, 0) is 11.2 Å². The summed E-state index contributed by atoms with van der Waals surface area (Å²) in [5.74, 6) is 0.118. The Kier molecular flexibility index (Phi) is 3.68. The largest absolute Gasteiger partial charge is 0.315 e. The van der Waals surface area contributed by atoms with Crippen molar-refractivity contribution in [3.05, 3.63) is 63.7 Å². The Morgan fingerprint density at radius 1 is 1.19 bits per heavy atom. The molecule has 0 saturated carbocycles. The van der Waals surface area contributed by atoms with E-state index in [2.05, 4.69) is 0 Å². The van der Waals surface area contributed by atoms with Gasteiger partial charge in [0.25, 0.3) is 0 Å². The second-order valence-electron chi connectivity index (χ2n) is 5.38. The van der Waals surface area contributed by atoms with Crippen LogP contribution in [0.1, 0.15) is 27.6 Å². The van der Waals surface area contributed by atoms with Gasteiger partial charge in [0, 0.05) is 17.8 Å². The zero-order chi connectivity index (χ0) is 15.1. The van der Waals surface area contributed by atoms with Crippen molar-refractivity contribution >= 4 is 34.8 Å². The fourth-order valence-corrected chi connectivity index (χ4v) is 3.26. The molecule has 21 heavy (non-hydrogen) atoms. The number of alkyl halides is 1. The Bertz CT molecular complexity index is 727. The van der Waals surface area contributed by atoms with Gasteiger partial charge in [-0.15, -0.1) is 11.6 Å². The summed E-state index contributed by atoms with van der Waals surface area (Å²) >= 11 is 12.7. The highest BCUT2D eigenvalue weighted by atomic mass is 35.5. The summed E-state index contributed by atoms with van der Waals surface area (Å²) < 4.78 is 0. The summed E-state index contributed by atoms with van der Waals surface area (Å²) in [4.78, 5) is 13.4. The zero-order valence-electron chi connectivity index (χ0n) is 11.9. The van der Waals surface area contributed by atoms with Crippen LogP contribution in [0.15, 0.2) is 36.4 Å². The topological polar surface area (TPSA) is 20.3 Å². The number of carbonyl (C=O) groups excluding carboxylic acids is 1. The molecule has 0 saturated heterocycles. The lowest BCUT2D eigenvalue weighted by Gasteiger charge is -2.16. The first-order valence-electron chi connectivity index (χ1n) is 6.77. The van der Waals surface area contributed by atoms with Crippen molar-refractivity contribution in [1.29, 1.82) is 0 Å². The summed E-state index contributed by atoms with van der Waals surface area (Å²) in [7, 11) is 1.80. The number of anilines is 1. The molecule has 0 radical (unpaired) electrons. The molecule has 0 aromatic heterocycles. The van der Waals surface area contributed by atoms with Gasteiger partial charge in [-0.3, -0.25) is 4.79 Å². The molecule has 0 bridgehead atoms. The van der Waals surface area contributed by atoms with E-state index in [-0.39, 0.29) is 11.3 Å². The smallest absolute Gasteiger partial charge is 0.231 e. The quantitative estimate of drug-likeness (QED) is 0.746. The van der Waals surface area contributed by atoms with Crippen LogP contribution in [-0.4, -0.2) is 13.0 Å². The molecule has 1 heterocycles. The molecule has 2 aromatic rings. The second kappa shape index (κ2) is 5.36. The third-order valence-electron chi connectivity index (χ3n) is 3.99. The van der Waals surface area contributed by atoms with Gasteiger partial charge in [-0.2, -0.15) is 0 Å². The van der Waals surface area contributed by atoms with Gasteiger partial charge < -0.3 is 4.90 Å². The molecule has 3 rings (SSSR count). The average molecular weight is 320 g/mol. The van der Waals surface area contributed by atoms with Gasteiger partial charge in [-0.1, -0.05) is 29.8 Å². The molecular weight excluding hydrogens is 305 g/mol. The highest BCUT2D eigenvalue weighted by molar-refractivity contribution is 6.31. The number of amides is 1. The Morgan fingerprint density at radius 3 is 2.71 bits per heavy atom. The molecule has 0 spiro atoms. The molecule has 2 aromatic carbocycles. The van der Waals surface area contributed by atoms with Gasteiger partial charge >= 0.3 is 0 Å². The van der Waals surface area contributed by atoms with Crippen molar-refractivity contribution in [3.8, 4) is 0 Å². The van der Waals surface area contributed by atoms with Crippen LogP contribution in [0.5, 0.6) is 0 Å². The maximum absolute atomic E-state index is 11.8. The van der Waals surface area contributed by atoms with Crippen LogP contribution < -0.4 is 4.90 Å². The molecule has 1 atom stereocenters. The minimum atomic E-state index is -0.269. The van der Waals surface area contributed by atoms with Crippen LogP contribution in [0.4, 0.5) is 5.69 Å². The van der Waals surface area contributed by atoms with Crippen LogP contribution >= 0.6 is 23.2 Å². The maximum atomic E-state index is 11.8. The summed E-state index contributed by atoms with van der Waals surface area (Å²) in [6.07, 6.45) is 0.442. The molecule has 2 nitrogen and oxygen atoms in total. The first-order valence-corrected chi connectivity index (χ1v) is 7.58. The van der Waals surface area contributed by atoms with Crippen molar-refractivity contribution in [2.24, 2.45) is 0 Å². The maximum Gasteiger partial charge on any atom is 0.231 e. The molecule has 1 aliphatic heterocycles. The van der Waals surface area contributed by atoms with Gasteiger partial charge in [0.1, 0.15) is 0 Å². The van der Waals surface area contributed by atoms with E-state index in [1.54, 1.807) is 11.9 Å². The fraction of sp³-hybridized carbons (Fsp3) is 0.235. The van der Waals surface area contributed by atoms with Crippen LogP contribution in [0.25, 0.3) is 0 Å². The number of halogens is 2. The summed E-state index contributed by atoms with van der Waals surface area (Å²) in [6.45, 7) is 2.02. The number of nitrogens with zero attached hydrogens (tertiary/aromatic N) is 1. The molecule has 1 aliphatic rings. The highest BCUT2D eigenvalue weighted by Gasteiger charge is 2.25. The van der Waals surface area contributed by atoms with E-state index in [9.17, 15) is 4.79 Å². The lowest BCUT2D eigenvalue weighted by molar-refractivity contribution is -0.117. The third kappa shape index (κ3) is 2.54. The number of carbonyl (C=O) groups is 1. The Morgan fingerprint density at radius 2 is 1.95 bits per heavy atom. The number of benzene rings is 2. The SMILES string of the molecule is Cc1ccc(Cl)cc1C(Cl)c1ccc2c(c1)CC(=O)N2C. The van der Waals surface area contributed by atoms with Crippen molar-refractivity contribution < 1.29 is 4.79 Å². The minimum absolute atomic E-state index is 0.118. The Hall–Kier alpha value is -1.51. The summed E-state index contributed by atoms with van der Waals surface area (Å²) in [6, 6.07) is 11.7. The zero-order valence-corrected chi connectivity index (χ0v) is 13.4. The predicted octanol–water partition coefficient (Wildman–Crippen LogP) is 4.50. The number of fused-ring (bicyclic) bond motifs is 1. The number of hydrogen-bond donors (Lipinski definition) is 0. The Labute approximate surface area is 134 Å². The van der Waals surface area contributed by atoms with Gasteiger partial charge in [-0.25, -0.2) is 0 Å². The van der Waals surface area contributed by atoms with E-state index < -0.39 is 0 Å². The van der Waals surface area contributed by atoms with Gasteiger partial charge in [0.15, 0.2) is 0 Å². The van der Waals surface area contributed by atoms with Crippen molar-refractivity contribution in [3.63, 3.8) is 0 Å². The molecule has 1 amide bonds. The van der Waals surface area contributed by atoms with Gasteiger partial charge in [0.2, 0.25) is 5.91 Å². The number of hydrogen-bond acceptors (Lipinski definition) is 1. The van der Waals surface area contributed by atoms with E-state index in [1.807, 2.05) is 43.3 Å². The van der Waals surface area contributed by atoms with E-state index in [0.29, 0.717) is 11.4 Å². The molecule has 4 heteroatoms. The minimum Gasteiger partial charge on any atom is -0.315 e. The van der Waals surface area contributed by atoms with E-state index in [0.717, 1.165) is 27.9 Å². The van der Waals surface area contributed by atoms with E-state index >= 15 is 0 Å². The first kappa shape index (κ1) is 14.4. The van der Waals surface area contributed by atoms with Crippen LogP contribution in [0.3, 0.4) is 0 Å². The van der Waals surface area contributed by atoms with Crippen molar-refractivity contribution in [1.82, 2.24) is 0 Å². The first-order chi connectivity index (χ1) is 9.97. The van der Waals surface area contributed by atoms with Gasteiger partial charge in [-0.05, 0) is 47.4 Å². The molecule has 0 aliphatic carbocycles. The average Bonchev–Trinajstić information content (AvgIpc) is 2.75. The molecule has 0 N–H and O–H groups in total. The molecule has 1 unspecified atom stereocenters. The number of aryl methyl sites for hydroxylation is 1. The van der Waals surface area contributed by atoms with Crippen LogP contribution in [0.2, 0.25) is 5.02 Å². The second-order valence-corrected chi connectivity index (χ2v) is 6.25. The monoisotopic (exact) mass is 319 g/mol. The summed E-state index contributed by atoms with van der Waals surface area (Å²) in [5, 5.41) is 0.410. The van der Waals surface area contributed by atoms with Crippen molar-refractivity contribution in [2.45, 2.75) is 18.7 Å². The van der Waals surface area contributed by atoms with Crippen LogP contribution in [0, 0.1) is 6.92 Å². The highest BCUT2D eigenvalue weighted by Crippen LogP contribution is 2.36. The number of likely N-dealkylation sites (N-methyl/N-ethyl adjacent to an activating group) is 1.